The molecular formula is C30H29N7O. The summed E-state index contributed by atoms with van der Waals surface area (Å²) in [5, 5.41) is 8.74. The quantitative estimate of drug-likeness (QED) is 0.253. The van der Waals surface area contributed by atoms with Gasteiger partial charge in [-0.15, -0.1) is 0 Å². The Morgan fingerprint density at radius 3 is 2.71 bits per heavy atom. The summed E-state index contributed by atoms with van der Waals surface area (Å²) in [6.07, 6.45) is 9.01. The number of para-hydroxylation sites is 1. The molecular weight excluding hydrogens is 474 g/mol. The molecule has 38 heavy (non-hydrogen) atoms. The maximum atomic E-state index is 6.07. The van der Waals surface area contributed by atoms with Crippen molar-refractivity contribution < 1.29 is 4.74 Å². The molecule has 8 heteroatoms. The third-order valence-corrected chi connectivity index (χ3v) is 6.52. The Morgan fingerprint density at radius 1 is 0.921 bits per heavy atom. The van der Waals surface area contributed by atoms with E-state index in [9.17, 15) is 0 Å². The lowest BCUT2D eigenvalue weighted by Crippen LogP contribution is -2.06. The lowest BCUT2D eigenvalue weighted by Gasteiger charge is -2.13. The Bertz CT molecular complexity index is 1620. The van der Waals surface area contributed by atoms with E-state index in [1.165, 1.54) is 0 Å². The van der Waals surface area contributed by atoms with E-state index >= 15 is 0 Å². The number of aromatic nitrogens is 4. The van der Waals surface area contributed by atoms with Gasteiger partial charge in [-0.05, 0) is 49.1 Å². The number of hydrogen-bond acceptors (Lipinski definition) is 8. The van der Waals surface area contributed by atoms with Gasteiger partial charge in [0.05, 0.1) is 12.1 Å². The first kappa shape index (κ1) is 23.8. The van der Waals surface area contributed by atoms with Gasteiger partial charge in [0.15, 0.2) is 5.82 Å². The SMILES string of the molecule is NCc1ccc(-c2nc3c4cc(ccc4n2)Nc2ncc4cccc(c4n2)OCCC/C=C/CCN3)cc1. The summed E-state index contributed by atoms with van der Waals surface area (Å²) in [4.78, 5) is 19.1. The largest absolute Gasteiger partial charge is 0.491 e. The zero-order valence-corrected chi connectivity index (χ0v) is 21.0. The molecule has 0 saturated heterocycles. The first-order valence-corrected chi connectivity index (χ1v) is 12.9. The van der Waals surface area contributed by atoms with Crippen molar-refractivity contribution in [3.05, 3.63) is 84.6 Å². The Morgan fingerprint density at radius 2 is 1.82 bits per heavy atom. The second kappa shape index (κ2) is 10.8. The fourth-order valence-corrected chi connectivity index (χ4v) is 4.49. The van der Waals surface area contributed by atoms with E-state index in [0.717, 1.165) is 76.0 Å². The minimum atomic E-state index is 0.504. The van der Waals surface area contributed by atoms with Crippen LogP contribution in [-0.2, 0) is 6.54 Å². The van der Waals surface area contributed by atoms with Gasteiger partial charge in [0.1, 0.15) is 17.1 Å². The fourth-order valence-electron chi connectivity index (χ4n) is 4.49. The summed E-state index contributed by atoms with van der Waals surface area (Å²) in [6.45, 7) is 1.89. The smallest absolute Gasteiger partial charge is 0.227 e. The maximum absolute atomic E-state index is 6.07. The van der Waals surface area contributed by atoms with Gasteiger partial charge < -0.3 is 21.1 Å². The highest BCUT2D eigenvalue weighted by molar-refractivity contribution is 5.93. The van der Waals surface area contributed by atoms with E-state index in [1.807, 2.05) is 66.9 Å². The van der Waals surface area contributed by atoms with Crippen molar-refractivity contribution >= 4 is 39.3 Å². The van der Waals surface area contributed by atoms with E-state index < -0.39 is 0 Å². The number of anilines is 3. The van der Waals surface area contributed by atoms with E-state index in [-0.39, 0.29) is 0 Å². The van der Waals surface area contributed by atoms with Gasteiger partial charge in [-0.1, -0.05) is 48.6 Å². The molecule has 1 aliphatic heterocycles. The van der Waals surface area contributed by atoms with Crippen LogP contribution in [0.4, 0.5) is 17.5 Å². The zero-order valence-electron chi connectivity index (χ0n) is 21.0. The molecule has 2 aromatic heterocycles. The van der Waals surface area contributed by atoms with Crippen LogP contribution in [0.15, 0.2) is 79.0 Å². The molecule has 6 rings (SSSR count). The lowest BCUT2D eigenvalue weighted by molar-refractivity contribution is 0.315. The van der Waals surface area contributed by atoms with Gasteiger partial charge >= 0.3 is 0 Å². The van der Waals surface area contributed by atoms with Crippen LogP contribution in [0.5, 0.6) is 5.75 Å². The van der Waals surface area contributed by atoms with Crippen molar-refractivity contribution in [3.8, 4) is 17.1 Å². The zero-order chi connectivity index (χ0) is 25.7. The number of allylic oxidation sites excluding steroid dienone is 1. The van der Waals surface area contributed by atoms with Gasteiger partial charge in [0, 0.05) is 41.3 Å². The molecule has 4 bridgehead atoms. The summed E-state index contributed by atoms with van der Waals surface area (Å²) in [6, 6.07) is 20.0. The number of rotatable bonds is 2. The molecule has 0 spiro atoms. The van der Waals surface area contributed by atoms with Crippen molar-refractivity contribution in [2.75, 3.05) is 23.8 Å². The van der Waals surface area contributed by atoms with Crippen LogP contribution >= 0.6 is 0 Å². The summed E-state index contributed by atoms with van der Waals surface area (Å²) >= 11 is 0. The summed E-state index contributed by atoms with van der Waals surface area (Å²) < 4.78 is 6.07. The van der Waals surface area contributed by atoms with E-state index in [1.54, 1.807) is 0 Å². The normalized spacial score (nSPS) is 14.9. The van der Waals surface area contributed by atoms with Gasteiger partial charge in [0.2, 0.25) is 5.95 Å². The van der Waals surface area contributed by atoms with E-state index in [2.05, 4.69) is 27.8 Å². The van der Waals surface area contributed by atoms with E-state index in [4.69, 9.17) is 25.4 Å². The Hall–Kier alpha value is -4.56. The van der Waals surface area contributed by atoms with Crippen LogP contribution in [0.3, 0.4) is 0 Å². The molecule has 1 aliphatic rings. The van der Waals surface area contributed by atoms with E-state index in [0.29, 0.717) is 24.9 Å². The van der Waals surface area contributed by atoms with Gasteiger partial charge in [-0.3, -0.25) is 0 Å². The van der Waals surface area contributed by atoms with Crippen LogP contribution in [0, 0.1) is 0 Å². The van der Waals surface area contributed by atoms with Crippen molar-refractivity contribution in [2.45, 2.75) is 25.8 Å². The van der Waals surface area contributed by atoms with Crippen molar-refractivity contribution in [1.29, 1.82) is 0 Å². The molecule has 3 heterocycles. The third-order valence-electron chi connectivity index (χ3n) is 6.52. The maximum Gasteiger partial charge on any atom is 0.227 e. The third kappa shape index (κ3) is 5.12. The number of fused-ring (bicyclic) bond motifs is 2. The fraction of sp³-hybridized carbons (Fsp3) is 0.200. The van der Waals surface area contributed by atoms with Crippen LogP contribution in [0.1, 0.15) is 24.8 Å². The first-order chi connectivity index (χ1) is 18.8. The highest BCUT2D eigenvalue weighted by Gasteiger charge is 2.12. The predicted molar refractivity (Wildman–Crippen MR) is 153 cm³/mol. The summed E-state index contributed by atoms with van der Waals surface area (Å²) in [5.41, 5.74) is 10.3. The average Bonchev–Trinajstić information content (AvgIpc) is 2.96. The molecule has 190 valence electrons. The van der Waals surface area contributed by atoms with Crippen LogP contribution in [0.25, 0.3) is 33.2 Å². The number of hydrogen-bond donors (Lipinski definition) is 3. The number of nitrogens with one attached hydrogen (secondary N) is 2. The van der Waals surface area contributed by atoms with Gasteiger partial charge in [-0.2, -0.15) is 0 Å². The first-order valence-electron chi connectivity index (χ1n) is 12.9. The van der Waals surface area contributed by atoms with Crippen LogP contribution in [-0.4, -0.2) is 33.1 Å². The molecule has 4 N–H and O–H groups in total. The highest BCUT2D eigenvalue weighted by atomic mass is 16.5. The van der Waals surface area contributed by atoms with Crippen LogP contribution in [0.2, 0.25) is 0 Å². The second-order valence-electron chi connectivity index (χ2n) is 9.22. The van der Waals surface area contributed by atoms with Gasteiger partial charge in [-0.25, -0.2) is 19.9 Å². The summed E-state index contributed by atoms with van der Waals surface area (Å²) in [7, 11) is 0. The number of nitrogens with zero attached hydrogens (tertiary/aromatic N) is 4. The molecule has 8 nitrogen and oxygen atoms in total. The molecule has 0 saturated carbocycles. The second-order valence-corrected chi connectivity index (χ2v) is 9.22. The molecule has 0 radical (unpaired) electrons. The van der Waals surface area contributed by atoms with Crippen molar-refractivity contribution in [3.63, 3.8) is 0 Å². The lowest BCUT2D eigenvalue weighted by atomic mass is 10.1. The van der Waals surface area contributed by atoms with Crippen LogP contribution < -0.4 is 21.1 Å². The molecule has 0 fully saturated rings. The molecule has 3 aromatic carbocycles. The average molecular weight is 504 g/mol. The monoisotopic (exact) mass is 503 g/mol. The van der Waals surface area contributed by atoms with Crippen molar-refractivity contribution in [1.82, 2.24) is 19.9 Å². The number of ether oxygens (including phenoxy) is 1. The molecule has 0 atom stereocenters. The van der Waals surface area contributed by atoms with Gasteiger partial charge in [0.25, 0.3) is 0 Å². The molecule has 5 aromatic rings. The minimum Gasteiger partial charge on any atom is -0.491 e. The molecule has 0 amide bonds. The molecule has 0 aliphatic carbocycles. The number of nitrogens with two attached hydrogens (primary N) is 1. The van der Waals surface area contributed by atoms with Crippen molar-refractivity contribution in [2.24, 2.45) is 5.73 Å². The Kier molecular flexibility index (Phi) is 6.78. The number of benzene rings is 3. The predicted octanol–water partition coefficient (Wildman–Crippen LogP) is 5.97. The highest BCUT2D eigenvalue weighted by Crippen LogP contribution is 2.30. The topological polar surface area (TPSA) is 111 Å². The Labute approximate surface area is 221 Å². The summed E-state index contributed by atoms with van der Waals surface area (Å²) in [5.74, 6) is 2.74. The standard InChI is InChI=1S/C30H29N7O/c31-18-20-9-11-21(12-10-20)28-35-25-14-13-23-17-24(25)29(37-28)32-15-4-2-1-3-5-16-38-26-8-6-7-22-19-33-30(34-23)36-27(22)26/h1-2,6-14,17,19H,3-5,15-16,18,31H2,(H,32,35,37)(H,33,34,36)/b2-1+. The Balaban J connectivity index is 1.41. The molecule has 0 unspecified atom stereocenters. The minimum absolute atomic E-state index is 0.504.